The maximum absolute atomic E-state index is 14.1. The van der Waals surface area contributed by atoms with Crippen LogP contribution in [0.25, 0.3) is 16.7 Å². The zero-order chi connectivity index (χ0) is 43.9. The Bertz CT molecular complexity index is 2510. The van der Waals surface area contributed by atoms with Gasteiger partial charge in [0.25, 0.3) is 11.5 Å². The van der Waals surface area contributed by atoms with Crippen LogP contribution in [0.3, 0.4) is 0 Å². The molecule has 0 N–H and O–H groups in total. The van der Waals surface area contributed by atoms with Crippen LogP contribution in [0.5, 0.6) is 11.5 Å². The van der Waals surface area contributed by atoms with Gasteiger partial charge in [0.2, 0.25) is 0 Å². The standard InChI is InChI=1S/C34H30F6N8O5.C7H9N/c1-21-16-45(13-14-46(21)30(50)19-52-24-7-5-23(6-8-24)34(38,39)40)18-29-44-31-25(3-2-10-41-31)32(51)48(29)26-15-22(27(49)17-47-42-11-12-43-47)4-9-28(26)53-20-33(35,36)37;1-6-4-3-5-8-7(6)2/h2-12,15,21H,13-14,16-20H2,1H3;3-5H,1-2H3/t21-;/m0./s1. The molecule has 0 saturated carbocycles. The molecule has 1 fully saturated rings. The Morgan fingerprint density at radius 1 is 0.852 bits per heavy atom. The number of piperazine rings is 1. The molecule has 1 aliphatic rings. The first-order valence-electron chi connectivity index (χ1n) is 18.7. The lowest BCUT2D eigenvalue weighted by Crippen LogP contribution is -2.55. The highest BCUT2D eigenvalue weighted by Gasteiger charge is 2.32. The second-order valence-corrected chi connectivity index (χ2v) is 14.0. The molecule has 0 aliphatic carbocycles. The molecule has 14 nitrogen and oxygen atoms in total. The van der Waals surface area contributed by atoms with Crippen LogP contribution in [-0.2, 0) is 24.1 Å². The van der Waals surface area contributed by atoms with Gasteiger partial charge < -0.3 is 14.4 Å². The Hall–Kier alpha value is -6.70. The topological polar surface area (TPSA) is 150 Å². The molecule has 320 valence electrons. The average molecular weight is 852 g/mol. The number of aryl methyl sites for hydroxylation is 2. The number of carbonyl (C=O) groups excluding carboxylic acids is 2. The number of aromatic nitrogens is 7. The quantitative estimate of drug-likeness (QED) is 0.111. The zero-order valence-corrected chi connectivity index (χ0v) is 33.0. The first-order valence-corrected chi connectivity index (χ1v) is 18.7. The van der Waals surface area contributed by atoms with Gasteiger partial charge in [-0.3, -0.25) is 28.8 Å². The second kappa shape index (κ2) is 18.7. The molecule has 2 aromatic carbocycles. The number of amides is 1. The van der Waals surface area contributed by atoms with Crippen molar-refractivity contribution < 1.29 is 45.4 Å². The fraction of sp³-hybridized carbons (Fsp3) is 0.317. The highest BCUT2D eigenvalue weighted by molar-refractivity contribution is 5.96. The van der Waals surface area contributed by atoms with E-state index in [1.165, 1.54) is 54.5 Å². The monoisotopic (exact) mass is 851 g/mol. The van der Waals surface area contributed by atoms with E-state index in [0.717, 1.165) is 39.3 Å². The van der Waals surface area contributed by atoms with E-state index >= 15 is 0 Å². The summed E-state index contributed by atoms with van der Waals surface area (Å²) >= 11 is 0. The Morgan fingerprint density at radius 2 is 1.56 bits per heavy atom. The molecule has 20 heteroatoms. The van der Waals surface area contributed by atoms with Crippen molar-refractivity contribution in [2.45, 2.75) is 52.3 Å². The van der Waals surface area contributed by atoms with Gasteiger partial charge >= 0.3 is 12.4 Å². The van der Waals surface area contributed by atoms with E-state index < -0.39 is 54.4 Å². The van der Waals surface area contributed by atoms with Gasteiger partial charge in [0, 0.05) is 49.3 Å². The Morgan fingerprint density at radius 3 is 2.20 bits per heavy atom. The molecule has 0 radical (unpaired) electrons. The first-order chi connectivity index (χ1) is 29.0. The molecule has 61 heavy (non-hydrogen) atoms. The number of ketones is 1. The van der Waals surface area contributed by atoms with Crippen LogP contribution in [0.15, 0.2) is 96.3 Å². The normalized spacial score (nSPS) is 14.6. The summed E-state index contributed by atoms with van der Waals surface area (Å²) in [5, 5.41) is 7.89. The fourth-order valence-electron chi connectivity index (χ4n) is 6.39. The molecule has 0 unspecified atom stereocenters. The minimum Gasteiger partial charge on any atom is -0.484 e. The summed E-state index contributed by atoms with van der Waals surface area (Å²) in [5.41, 5.74) is 0.822. The lowest BCUT2D eigenvalue weighted by atomic mass is 10.1. The minimum atomic E-state index is -4.72. The van der Waals surface area contributed by atoms with Gasteiger partial charge in [-0.2, -0.15) is 41.3 Å². The van der Waals surface area contributed by atoms with E-state index in [1.807, 2.05) is 24.1 Å². The van der Waals surface area contributed by atoms with E-state index in [2.05, 4.69) is 38.1 Å². The molecule has 6 aromatic rings. The highest BCUT2D eigenvalue weighted by atomic mass is 19.4. The SMILES string of the molecule is C[C@H]1CN(Cc2nc3ncccc3c(=O)n2-c2cc(C(=O)Cn3nccn3)ccc2OCC(F)(F)F)CCN1C(=O)COc1ccc(C(F)(F)F)cc1.Cc1cccnc1C. The number of Topliss-reactive ketones (excluding diaryl/α,β-unsaturated/α-hetero) is 1. The van der Waals surface area contributed by atoms with Crippen molar-refractivity contribution in [2.24, 2.45) is 0 Å². The number of fused-ring (bicyclic) bond motifs is 1. The maximum atomic E-state index is 14.1. The average Bonchev–Trinajstić information content (AvgIpc) is 3.73. The molecule has 1 atom stereocenters. The van der Waals surface area contributed by atoms with Crippen LogP contribution < -0.4 is 15.0 Å². The van der Waals surface area contributed by atoms with E-state index in [9.17, 15) is 40.7 Å². The van der Waals surface area contributed by atoms with Crippen LogP contribution >= 0.6 is 0 Å². The zero-order valence-electron chi connectivity index (χ0n) is 33.0. The summed E-state index contributed by atoms with van der Waals surface area (Å²) < 4.78 is 90.3. The predicted octanol–water partition coefficient (Wildman–Crippen LogP) is 6.03. The van der Waals surface area contributed by atoms with Crippen LogP contribution in [0.4, 0.5) is 26.3 Å². The molecule has 1 amide bonds. The Kier molecular flexibility index (Phi) is 13.4. The van der Waals surface area contributed by atoms with E-state index in [1.54, 1.807) is 11.8 Å². The Balaban J connectivity index is 0.000000698. The number of benzene rings is 2. The summed E-state index contributed by atoms with van der Waals surface area (Å²) in [6.07, 6.45) is -3.23. The van der Waals surface area contributed by atoms with Gasteiger partial charge in [0.05, 0.1) is 35.6 Å². The van der Waals surface area contributed by atoms with Crippen molar-refractivity contribution in [1.82, 2.24) is 44.3 Å². The van der Waals surface area contributed by atoms with Gasteiger partial charge in [0.1, 0.15) is 23.9 Å². The largest absolute Gasteiger partial charge is 0.484 e. The summed E-state index contributed by atoms with van der Waals surface area (Å²) in [5.74, 6) is -1.06. The molecule has 1 aliphatic heterocycles. The third-order valence-corrected chi connectivity index (χ3v) is 9.59. The van der Waals surface area contributed by atoms with Crippen molar-refractivity contribution in [3.8, 4) is 17.2 Å². The van der Waals surface area contributed by atoms with Gasteiger partial charge in [0.15, 0.2) is 24.6 Å². The van der Waals surface area contributed by atoms with Crippen LogP contribution in [0, 0.1) is 13.8 Å². The number of pyridine rings is 2. The van der Waals surface area contributed by atoms with Crippen molar-refractivity contribution >= 4 is 22.7 Å². The molecular weight excluding hydrogens is 812 g/mol. The number of alkyl halides is 6. The summed E-state index contributed by atoms with van der Waals surface area (Å²) in [7, 11) is 0. The van der Waals surface area contributed by atoms with Crippen molar-refractivity contribution in [3.05, 3.63) is 130 Å². The summed E-state index contributed by atoms with van der Waals surface area (Å²) in [6, 6.07) is 14.3. The number of hydrogen-bond donors (Lipinski definition) is 0. The van der Waals surface area contributed by atoms with Crippen molar-refractivity contribution in [3.63, 3.8) is 0 Å². The van der Waals surface area contributed by atoms with Crippen LogP contribution in [0.1, 0.15) is 39.9 Å². The second-order valence-electron chi connectivity index (χ2n) is 14.0. The third-order valence-electron chi connectivity index (χ3n) is 9.59. The molecule has 0 spiro atoms. The number of hydrogen-bond acceptors (Lipinski definition) is 11. The lowest BCUT2D eigenvalue weighted by molar-refractivity contribution is -0.153. The number of carbonyl (C=O) groups is 2. The number of halogens is 6. The molecule has 7 rings (SSSR count). The highest BCUT2D eigenvalue weighted by Crippen LogP contribution is 2.31. The lowest BCUT2D eigenvalue weighted by Gasteiger charge is -2.39. The molecule has 4 aromatic heterocycles. The Labute approximate surface area is 344 Å². The van der Waals surface area contributed by atoms with Crippen molar-refractivity contribution in [2.75, 3.05) is 32.8 Å². The van der Waals surface area contributed by atoms with E-state index in [4.69, 9.17) is 9.47 Å². The van der Waals surface area contributed by atoms with E-state index in [0.29, 0.717) is 0 Å². The first kappa shape index (κ1) is 43.9. The van der Waals surface area contributed by atoms with E-state index in [-0.39, 0.29) is 72.3 Å². The minimum absolute atomic E-state index is 0.0235. The van der Waals surface area contributed by atoms with Gasteiger partial charge in [-0.15, -0.1) is 0 Å². The summed E-state index contributed by atoms with van der Waals surface area (Å²) in [4.78, 5) is 57.8. The van der Waals surface area contributed by atoms with Gasteiger partial charge in [-0.25, -0.2) is 9.97 Å². The van der Waals surface area contributed by atoms with Gasteiger partial charge in [-0.05, 0) is 87.0 Å². The smallest absolute Gasteiger partial charge is 0.422 e. The number of rotatable bonds is 11. The fourth-order valence-corrected chi connectivity index (χ4v) is 6.39. The summed E-state index contributed by atoms with van der Waals surface area (Å²) in [6.45, 7) is 4.20. The molecule has 1 saturated heterocycles. The molecule has 0 bridgehead atoms. The third kappa shape index (κ3) is 11.3. The maximum Gasteiger partial charge on any atom is 0.422 e. The van der Waals surface area contributed by atoms with Crippen LogP contribution in [0.2, 0.25) is 0 Å². The molecular formula is C41H39F6N9O5. The molecule has 5 heterocycles. The van der Waals surface area contributed by atoms with Gasteiger partial charge in [-0.1, -0.05) is 6.07 Å². The predicted molar refractivity (Wildman–Crippen MR) is 208 cm³/mol. The van der Waals surface area contributed by atoms with Crippen molar-refractivity contribution in [1.29, 1.82) is 0 Å². The number of nitrogens with zero attached hydrogens (tertiary/aromatic N) is 9. The van der Waals surface area contributed by atoms with Crippen LogP contribution in [-0.4, -0.2) is 101 Å². The number of ether oxygens (including phenoxy) is 2.